The third-order valence-electron chi connectivity index (χ3n) is 6.35. The lowest BCUT2D eigenvalue weighted by atomic mass is 9.81. The molecule has 0 atom stereocenters. The number of anilines is 2. The standard InChI is InChI=1S/C24H37N3O2/c1-18(2)14-15-25-23(28)19-6-8-20(9-7-19)24(29)26-21-10-12-22(13-11-21)27-16-4-3-5-17-27/h10-13,18-20H,3-9,14-17H2,1-2H3,(H,25,28)(H,26,29). The maximum absolute atomic E-state index is 12.7. The molecule has 2 fully saturated rings. The SMILES string of the molecule is CC(C)CCNC(=O)C1CCC(C(=O)Nc2ccc(N3CCCCC3)cc2)CC1. The summed E-state index contributed by atoms with van der Waals surface area (Å²) in [6.45, 7) is 7.33. The van der Waals surface area contributed by atoms with Crippen LogP contribution in [0.5, 0.6) is 0 Å². The van der Waals surface area contributed by atoms with Crippen LogP contribution >= 0.6 is 0 Å². The van der Waals surface area contributed by atoms with E-state index in [4.69, 9.17) is 0 Å². The molecule has 5 heteroatoms. The van der Waals surface area contributed by atoms with E-state index in [1.807, 2.05) is 12.1 Å². The Balaban J connectivity index is 1.42. The van der Waals surface area contributed by atoms with Crippen LogP contribution in [0.25, 0.3) is 0 Å². The summed E-state index contributed by atoms with van der Waals surface area (Å²) >= 11 is 0. The van der Waals surface area contributed by atoms with Crippen molar-refractivity contribution in [2.24, 2.45) is 17.8 Å². The Morgan fingerprint density at radius 1 is 0.931 bits per heavy atom. The normalized spacial score (nSPS) is 22.4. The third-order valence-corrected chi connectivity index (χ3v) is 6.35. The van der Waals surface area contributed by atoms with Gasteiger partial charge in [0.05, 0.1) is 0 Å². The fraction of sp³-hybridized carbons (Fsp3) is 0.667. The highest BCUT2D eigenvalue weighted by Gasteiger charge is 2.29. The van der Waals surface area contributed by atoms with Crippen molar-refractivity contribution in [1.29, 1.82) is 0 Å². The van der Waals surface area contributed by atoms with E-state index in [9.17, 15) is 9.59 Å². The Kier molecular flexibility index (Phi) is 7.96. The number of piperidine rings is 1. The first-order valence-electron chi connectivity index (χ1n) is 11.5. The molecular formula is C24H37N3O2. The van der Waals surface area contributed by atoms with Gasteiger partial charge in [-0.25, -0.2) is 0 Å². The molecule has 1 aliphatic carbocycles. The molecule has 2 N–H and O–H groups in total. The topological polar surface area (TPSA) is 61.4 Å². The molecule has 0 bridgehead atoms. The van der Waals surface area contributed by atoms with Crippen LogP contribution in [0.15, 0.2) is 24.3 Å². The van der Waals surface area contributed by atoms with Gasteiger partial charge in [0.1, 0.15) is 0 Å². The van der Waals surface area contributed by atoms with E-state index in [-0.39, 0.29) is 23.7 Å². The van der Waals surface area contributed by atoms with Crippen LogP contribution in [0.3, 0.4) is 0 Å². The average molecular weight is 400 g/mol. The second-order valence-corrected chi connectivity index (χ2v) is 9.11. The first kappa shape index (κ1) is 21.7. The minimum atomic E-state index is 0.0106. The minimum Gasteiger partial charge on any atom is -0.372 e. The van der Waals surface area contributed by atoms with Crippen LogP contribution in [0.4, 0.5) is 11.4 Å². The molecule has 0 radical (unpaired) electrons. The predicted octanol–water partition coefficient (Wildman–Crippen LogP) is 4.58. The van der Waals surface area contributed by atoms with E-state index in [2.05, 4.69) is 41.5 Å². The molecule has 29 heavy (non-hydrogen) atoms. The molecule has 1 aliphatic heterocycles. The second kappa shape index (κ2) is 10.7. The third kappa shape index (κ3) is 6.48. The highest BCUT2D eigenvalue weighted by Crippen LogP contribution is 2.30. The van der Waals surface area contributed by atoms with E-state index >= 15 is 0 Å². The van der Waals surface area contributed by atoms with Crippen molar-refractivity contribution in [3.05, 3.63) is 24.3 Å². The van der Waals surface area contributed by atoms with Gasteiger partial charge in [0.2, 0.25) is 11.8 Å². The number of carbonyl (C=O) groups excluding carboxylic acids is 2. The number of rotatable bonds is 7. The van der Waals surface area contributed by atoms with Gasteiger partial charge in [-0.05, 0) is 81.5 Å². The lowest BCUT2D eigenvalue weighted by Gasteiger charge is -2.29. The van der Waals surface area contributed by atoms with E-state index in [0.717, 1.165) is 57.4 Å². The summed E-state index contributed by atoms with van der Waals surface area (Å²) in [5, 5.41) is 6.13. The number of nitrogens with zero attached hydrogens (tertiary/aromatic N) is 1. The van der Waals surface area contributed by atoms with Crippen molar-refractivity contribution in [1.82, 2.24) is 5.32 Å². The Bertz CT molecular complexity index is 657. The number of hydrogen-bond donors (Lipinski definition) is 2. The molecule has 0 aromatic heterocycles. The predicted molar refractivity (Wildman–Crippen MR) is 119 cm³/mol. The average Bonchev–Trinajstić information content (AvgIpc) is 2.74. The first-order valence-corrected chi connectivity index (χ1v) is 11.5. The van der Waals surface area contributed by atoms with Crippen LogP contribution in [0.2, 0.25) is 0 Å². The van der Waals surface area contributed by atoms with Crippen molar-refractivity contribution in [3.8, 4) is 0 Å². The summed E-state index contributed by atoms with van der Waals surface area (Å²) in [6, 6.07) is 8.24. The molecule has 1 saturated heterocycles. The van der Waals surface area contributed by atoms with Crippen molar-refractivity contribution in [3.63, 3.8) is 0 Å². The molecule has 1 heterocycles. The van der Waals surface area contributed by atoms with Crippen LogP contribution < -0.4 is 15.5 Å². The number of nitrogens with one attached hydrogen (secondary N) is 2. The quantitative estimate of drug-likeness (QED) is 0.705. The summed E-state index contributed by atoms with van der Waals surface area (Å²) in [5.41, 5.74) is 2.11. The largest absolute Gasteiger partial charge is 0.372 e. The molecule has 1 aromatic carbocycles. The Morgan fingerprint density at radius 2 is 1.52 bits per heavy atom. The van der Waals surface area contributed by atoms with Gasteiger partial charge < -0.3 is 15.5 Å². The highest BCUT2D eigenvalue weighted by molar-refractivity contribution is 5.93. The number of amides is 2. The zero-order valence-electron chi connectivity index (χ0n) is 18.1. The van der Waals surface area contributed by atoms with E-state index in [1.54, 1.807) is 0 Å². The van der Waals surface area contributed by atoms with Gasteiger partial charge in [-0.1, -0.05) is 13.8 Å². The zero-order valence-corrected chi connectivity index (χ0v) is 18.1. The first-order chi connectivity index (χ1) is 14.0. The van der Waals surface area contributed by atoms with Crippen LogP contribution in [-0.4, -0.2) is 31.4 Å². The molecule has 160 valence electrons. The van der Waals surface area contributed by atoms with Crippen molar-refractivity contribution in [2.45, 2.75) is 65.2 Å². The van der Waals surface area contributed by atoms with Crippen molar-refractivity contribution in [2.75, 3.05) is 29.9 Å². The molecule has 2 aliphatic rings. The number of benzene rings is 1. The molecule has 5 nitrogen and oxygen atoms in total. The molecule has 2 amide bonds. The number of carbonyl (C=O) groups is 2. The van der Waals surface area contributed by atoms with Crippen molar-refractivity contribution >= 4 is 23.2 Å². The fourth-order valence-electron chi connectivity index (χ4n) is 4.40. The molecule has 3 rings (SSSR count). The van der Waals surface area contributed by atoms with E-state index in [0.29, 0.717) is 5.92 Å². The number of hydrogen-bond acceptors (Lipinski definition) is 3. The van der Waals surface area contributed by atoms with Gasteiger partial charge >= 0.3 is 0 Å². The van der Waals surface area contributed by atoms with E-state index < -0.39 is 0 Å². The molecule has 1 saturated carbocycles. The minimum absolute atomic E-state index is 0.0106. The molecule has 0 unspecified atom stereocenters. The Morgan fingerprint density at radius 3 is 2.10 bits per heavy atom. The highest BCUT2D eigenvalue weighted by atomic mass is 16.2. The maximum atomic E-state index is 12.7. The van der Waals surface area contributed by atoms with Crippen LogP contribution in [-0.2, 0) is 9.59 Å². The maximum Gasteiger partial charge on any atom is 0.227 e. The lowest BCUT2D eigenvalue weighted by Crippen LogP contribution is -2.36. The van der Waals surface area contributed by atoms with Gasteiger partial charge in [0, 0.05) is 42.8 Å². The summed E-state index contributed by atoms with van der Waals surface area (Å²) in [6.07, 6.45) is 8.05. The summed E-state index contributed by atoms with van der Waals surface area (Å²) < 4.78 is 0. The van der Waals surface area contributed by atoms with Gasteiger partial charge in [-0.3, -0.25) is 9.59 Å². The molecular weight excluding hydrogens is 362 g/mol. The second-order valence-electron chi connectivity index (χ2n) is 9.11. The van der Waals surface area contributed by atoms with Gasteiger partial charge in [0.25, 0.3) is 0 Å². The Labute approximate surface area is 175 Å². The summed E-state index contributed by atoms with van der Waals surface area (Å²) in [4.78, 5) is 27.4. The Hall–Kier alpha value is -2.04. The van der Waals surface area contributed by atoms with E-state index in [1.165, 1.54) is 24.9 Å². The van der Waals surface area contributed by atoms with Gasteiger partial charge in [-0.15, -0.1) is 0 Å². The van der Waals surface area contributed by atoms with Gasteiger partial charge in [-0.2, -0.15) is 0 Å². The van der Waals surface area contributed by atoms with Crippen LogP contribution in [0.1, 0.15) is 65.2 Å². The van der Waals surface area contributed by atoms with Crippen molar-refractivity contribution < 1.29 is 9.59 Å². The molecule has 1 aromatic rings. The fourth-order valence-corrected chi connectivity index (χ4v) is 4.40. The smallest absolute Gasteiger partial charge is 0.227 e. The van der Waals surface area contributed by atoms with Crippen LogP contribution in [0, 0.1) is 17.8 Å². The summed E-state index contributed by atoms with van der Waals surface area (Å²) in [7, 11) is 0. The molecule has 0 spiro atoms. The lowest BCUT2D eigenvalue weighted by molar-refractivity contribution is -0.128. The zero-order chi connectivity index (χ0) is 20.6. The summed E-state index contributed by atoms with van der Waals surface area (Å²) in [5.74, 6) is 0.933. The monoisotopic (exact) mass is 399 g/mol. The van der Waals surface area contributed by atoms with Gasteiger partial charge in [0.15, 0.2) is 0 Å².